The van der Waals surface area contributed by atoms with Crippen LogP contribution in [0.2, 0.25) is 0 Å². The molecule has 2 aromatic heterocycles. The van der Waals surface area contributed by atoms with E-state index in [-0.39, 0.29) is 16.9 Å². The van der Waals surface area contributed by atoms with Gasteiger partial charge in [0.1, 0.15) is 5.82 Å². The Bertz CT molecular complexity index is 1160. The van der Waals surface area contributed by atoms with E-state index < -0.39 is 0 Å². The number of halogens is 2. The molecule has 5 nitrogen and oxygen atoms in total. The lowest BCUT2D eigenvalue weighted by Crippen LogP contribution is -2.14. The van der Waals surface area contributed by atoms with E-state index in [9.17, 15) is 9.18 Å². The van der Waals surface area contributed by atoms with Crippen LogP contribution in [0.3, 0.4) is 0 Å². The summed E-state index contributed by atoms with van der Waals surface area (Å²) < 4.78 is 16.2. The second-order valence-corrected chi connectivity index (χ2v) is 8.71. The summed E-state index contributed by atoms with van der Waals surface area (Å²) in [7, 11) is 0. The Balaban J connectivity index is 1.71. The van der Waals surface area contributed by atoms with E-state index in [0.717, 1.165) is 10.0 Å². The van der Waals surface area contributed by atoms with Crippen LogP contribution in [0.1, 0.15) is 17.3 Å². The van der Waals surface area contributed by atoms with Crippen molar-refractivity contribution in [3.8, 4) is 17.1 Å². The third-order valence-corrected chi connectivity index (χ3v) is 6.01. The van der Waals surface area contributed by atoms with Crippen molar-refractivity contribution in [3.63, 3.8) is 0 Å². The van der Waals surface area contributed by atoms with Crippen LogP contribution in [-0.4, -0.2) is 30.8 Å². The van der Waals surface area contributed by atoms with Gasteiger partial charge in [-0.3, -0.25) is 14.3 Å². The number of hydrogen-bond donors (Lipinski definition) is 0. The number of aromatic nitrogens is 4. The maximum Gasteiger partial charge on any atom is 0.196 e. The average Bonchev–Trinajstić information content (AvgIpc) is 3.18. The van der Waals surface area contributed by atoms with E-state index in [1.807, 2.05) is 35.8 Å². The third kappa shape index (κ3) is 4.34. The molecule has 2 aromatic carbocycles. The predicted octanol–water partition coefficient (Wildman–Crippen LogP) is 5.59. The standard InChI is InChI=1S/C22H16BrFN4OS/c1-14(20(29)15-2-4-17(23)5-3-15)30-22-27-26-21(16-10-12-25-13-11-16)28(22)19-8-6-18(24)7-9-19/h2-14H,1H3. The van der Waals surface area contributed by atoms with Crippen molar-refractivity contribution in [1.29, 1.82) is 0 Å². The summed E-state index contributed by atoms with van der Waals surface area (Å²) in [6, 6.07) is 17.0. The summed E-state index contributed by atoms with van der Waals surface area (Å²) >= 11 is 4.69. The molecule has 0 saturated carbocycles. The summed E-state index contributed by atoms with van der Waals surface area (Å²) in [5.74, 6) is 0.256. The first-order valence-corrected chi connectivity index (χ1v) is 10.8. The van der Waals surface area contributed by atoms with E-state index >= 15 is 0 Å². The average molecular weight is 483 g/mol. The fraction of sp³-hybridized carbons (Fsp3) is 0.0909. The van der Waals surface area contributed by atoms with Crippen molar-refractivity contribution in [1.82, 2.24) is 19.7 Å². The zero-order chi connectivity index (χ0) is 21.1. The quantitative estimate of drug-likeness (QED) is 0.264. The summed E-state index contributed by atoms with van der Waals surface area (Å²) in [6.07, 6.45) is 3.34. The smallest absolute Gasteiger partial charge is 0.196 e. The van der Waals surface area contributed by atoms with Gasteiger partial charge in [-0.05, 0) is 55.5 Å². The van der Waals surface area contributed by atoms with Crippen LogP contribution < -0.4 is 0 Å². The highest BCUT2D eigenvalue weighted by Gasteiger charge is 2.22. The second kappa shape index (κ2) is 8.89. The molecule has 0 N–H and O–H groups in total. The highest BCUT2D eigenvalue weighted by molar-refractivity contribution is 9.10. The van der Waals surface area contributed by atoms with Gasteiger partial charge in [-0.25, -0.2) is 4.39 Å². The number of pyridine rings is 1. The third-order valence-electron chi connectivity index (χ3n) is 4.44. The van der Waals surface area contributed by atoms with Gasteiger partial charge < -0.3 is 0 Å². The number of benzene rings is 2. The normalized spacial score (nSPS) is 12.0. The summed E-state index contributed by atoms with van der Waals surface area (Å²) in [6.45, 7) is 1.84. The number of rotatable bonds is 6. The Morgan fingerprint density at radius 2 is 1.67 bits per heavy atom. The maximum absolute atomic E-state index is 13.5. The van der Waals surface area contributed by atoms with Crippen molar-refractivity contribution in [3.05, 3.63) is 88.9 Å². The van der Waals surface area contributed by atoms with Crippen molar-refractivity contribution in [2.75, 3.05) is 0 Å². The molecular weight excluding hydrogens is 467 g/mol. The number of Topliss-reactive ketones (excluding diaryl/α,β-unsaturated/α-hetero) is 1. The van der Waals surface area contributed by atoms with E-state index in [0.29, 0.717) is 22.2 Å². The minimum Gasteiger partial charge on any atom is -0.293 e. The van der Waals surface area contributed by atoms with Gasteiger partial charge in [0, 0.05) is 33.7 Å². The summed E-state index contributed by atoms with van der Waals surface area (Å²) in [5, 5.41) is 8.82. The molecule has 0 aliphatic heterocycles. The molecule has 0 bridgehead atoms. The molecule has 150 valence electrons. The van der Waals surface area contributed by atoms with Gasteiger partial charge in [-0.2, -0.15) is 0 Å². The first-order valence-electron chi connectivity index (χ1n) is 9.11. The number of ketones is 1. The SMILES string of the molecule is CC(Sc1nnc(-c2ccncc2)n1-c1ccc(F)cc1)C(=O)c1ccc(Br)cc1. The monoisotopic (exact) mass is 482 g/mol. The minimum atomic E-state index is -0.389. The van der Waals surface area contributed by atoms with Crippen LogP contribution in [0.4, 0.5) is 4.39 Å². The van der Waals surface area contributed by atoms with Crippen molar-refractivity contribution < 1.29 is 9.18 Å². The van der Waals surface area contributed by atoms with Gasteiger partial charge in [0.05, 0.1) is 5.25 Å². The highest BCUT2D eigenvalue weighted by atomic mass is 79.9. The zero-order valence-electron chi connectivity index (χ0n) is 15.9. The predicted molar refractivity (Wildman–Crippen MR) is 118 cm³/mol. The lowest BCUT2D eigenvalue weighted by Gasteiger charge is -2.13. The molecule has 30 heavy (non-hydrogen) atoms. The number of thioether (sulfide) groups is 1. The summed E-state index contributed by atoms with van der Waals surface area (Å²) in [5.41, 5.74) is 2.15. The molecule has 8 heteroatoms. The molecule has 0 fully saturated rings. The highest BCUT2D eigenvalue weighted by Crippen LogP contribution is 2.31. The molecule has 0 aliphatic carbocycles. The Kier molecular flexibility index (Phi) is 6.06. The Morgan fingerprint density at radius 3 is 2.33 bits per heavy atom. The van der Waals surface area contributed by atoms with Crippen LogP contribution >= 0.6 is 27.7 Å². The molecule has 0 spiro atoms. The second-order valence-electron chi connectivity index (χ2n) is 6.49. The Labute approximate surface area is 185 Å². The van der Waals surface area contributed by atoms with Crippen LogP contribution in [0, 0.1) is 5.82 Å². The van der Waals surface area contributed by atoms with Crippen LogP contribution in [0.5, 0.6) is 0 Å². The molecule has 0 aliphatic rings. The molecule has 0 radical (unpaired) electrons. The fourth-order valence-corrected chi connectivity index (χ4v) is 4.13. The first-order chi connectivity index (χ1) is 14.5. The van der Waals surface area contributed by atoms with Gasteiger partial charge >= 0.3 is 0 Å². The largest absolute Gasteiger partial charge is 0.293 e. The Hall–Kier alpha value is -2.84. The van der Waals surface area contributed by atoms with Crippen LogP contribution in [0.15, 0.2) is 82.7 Å². The molecule has 1 atom stereocenters. The van der Waals surface area contributed by atoms with Gasteiger partial charge in [0.25, 0.3) is 0 Å². The minimum absolute atomic E-state index is 0.00776. The molecule has 0 amide bonds. The lowest BCUT2D eigenvalue weighted by atomic mass is 10.1. The van der Waals surface area contributed by atoms with Gasteiger partial charge in [-0.1, -0.05) is 39.8 Å². The topological polar surface area (TPSA) is 60.7 Å². The zero-order valence-corrected chi connectivity index (χ0v) is 18.3. The van der Waals surface area contributed by atoms with E-state index in [1.54, 1.807) is 36.7 Å². The van der Waals surface area contributed by atoms with Crippen LogP contribution in [-0.2, 0) is 0 Å². The molecule has 1 unspecified atom stereocenters. The number of carbonyl (C=O) groups is 1. The molecule has 0 saturated heterocycles. The number of hydrogen-bond acceptors (Lipinski definition) is 5. The Morgan fingerprint density at radius 1 is 1.00 bits per heavy atom. The first kappa shape index (κ1) is 20.4. The molecule has 4 aromatic rings. The fourth-order valence-electron chi connectivity index (χ4n) is 2.92. The van der Waals surface area contributed by atoms with Crippen LogP contribution in [0.25, 0.3) is 17.1 Å². The number of nitrogens with zero attached hydrogens (tertiary/aromatic N) is 4. The van der Waals surface area contributed by atoms with Crippen molar-refractivity contribution in [2.24, 2.45) is 0 Å². The van der Waals surface area contributed by atoms with E-state index in [1.165, 1.54) is 23.9 Å². The van der Waals surface area contributed by atoms with E-state index in [4.69, 9.17) is 0 Å². The number of carbonyl (C=O) groups excluding carboxylic acids is 1. The molecule has 4 rings (SSSR count). The lowest BCUT2D eigenvalue weighted by molar-refractivity contribution is 0.0994. The molecule has 2 heterocycles. The van der Waals surface area contributed by atoms with Crippen molar-refractivity contribution in [2.45, 2.75) is 17.3 Å². The summed E-state index contributed by atoms with van der Waals surface area (Å²) in [4.78, 5) is 16.9. The maximum atomic E-state index is 13.5. The van der Waals surface area contributed by atoms with Gasteiger partial charge in [-0.15, -0.1) is 10.2 Å². The van der Waals surface area contributed by atoms with Gasteiger partial charge in [0.15, 0.2) is 16.8 Å². The van der Waals surface area contributed by atoms with Gasteiger partial charge in [0.2, 0.25) is 0 Å². The van der Waals surface area contributed by atoms with E-state index in [2.05, 4.69) is 31.1 Å². The van der Waals surface area contributed by atoms with Crippen molar-refractivity contribution >= 4 is 33.5 Å². The molecular formula is C22H16BrFN4OS.